The van der Waals surface area contributed by atoms with Crippen molar-refractivity contribution in [3.05, 3.63) is 90.3 Å². The van der Waals surface area contributed by atoms with Crippen molar-refractivity contribution in [1.82, 2.24) is 0 Å². The minimum atomic E-state index is -0.523. The van der Waals surface area contributed by atoms with Gasteiger partial charge in [0.15, 0.2) is 5.78 Å². The van der Waals surface area contributed by atoms with E-state index in [4.69, 9.17) is 14.9 Å². The van der Waals surface area contributed by atoms with Gasteiger partial charge in [0.05, 0.1) is 18.3 Å². The van der Waals surface area contributed by atoms with Gasteiger partial charge in [0, 0.05) is 29.9 Å². The van der Waals surface area contributed by atoms with E-state index in [-0.39, 0.29) is 30.1 Å². The molecule has 0 fully saturated rings. The summed E-state index contributed by atoms with van der Waals surface area (Å²) in [6, 6.07) is 16.5. The lowest BCUT2D eigenvalue weighted by molar-refractivity contribution is -0.118. The third-order valence-electron chi connectivity index (χ3n) is 5.06. The number of phenolic OH excluding ortho intramolecular Hbond substituents is 1. The molecule has 0 unspecified atom stereocenters. The van der Waals surface area contributed by atoms with Gasteiger partial charge in [-0.1, -0.05) is 18.2 Å². The van der Waals surface area contributed by atoms with Crippen molar-refractivity contribution >= 4 is 73.8 Å². The SMILES string of the molecule is NC(=O)CCc1oc2cc(OC(=O)c3ccccc3)ccc2c1C(=O)c1cc(I)c(O)c(I)c1. The average Bonchev–Trinajstić information content (AvgIpc) is 3.18. The molecular weight excluding hydrogens is 664 g/mol. The van der Waals surface area contributed by atoms with Gasteiger partial charge in [0.1, 0.15) is 22.8 Å². The summed E-state index contributed by atoms with van der Waals surface area (Å²) < 4.78 is 12.5. The molecule has 172 valence electrons. The average molecular weight is 681 g/mol. The first-order chi connectivity index (χ1) is 16.2. The molecule has 1 aromatic heterocycles. The zero-order valence-electron chi connectivity index (χ0n) is 17.5. The number of carbonyl (C=O) groups is 3. The van der Waals surface area contributed by atoms with Crippen molar-refractivity contribution < 1.29 is 28.6 Å². The maximum Gasteiger partial charge on any atom is 0.343 e. The Morgan fingerprint density at radius 2 is 1.62 bits per heavy atom. The van der Waals surface area contributed by atoms with Gasteiger partial charge in [0.2, 0.25) is 5.91 Å². The molecule has 0 saturated heterocycles. The number of phenols is 1. The van der Waals surface area contributed by atoms with E-state index in [1.54, 1.807) is 54.6 Å². The zero-order chi connectivity index (χ0) is 24.4. The number of nitrogens with two attached hydrogens (primary N) is 1. The number of aryl methyl sites for hydroxylation is 1. The van der Waals surface area contributed by atoms with E-state index in [0.29, 0.717) is 40.6 Å². The summed E-state index contributed by atoms with van der Waals surface area (Å²) in [6.07, 6.45) is 0.136. The molecule has 3 N–H and O–H groups in total. The Bertz CT molecular complexity index is 1410. The number of halogens is 2. The lowest BCUT2D eigenvalue weighted by Gasteiger charge is -2.07. The van der Waals surface area contributed by atoms with Crippen molar-refractivity contribution in [3.63, 3.8) is 0 Å². The second kappa shape index (κ2) is 10.1. The fourth-order valence-corrected chi connectivity index (χ4v) is 5.20. The van der Waals surface area contributed by atoms with Gasteiger partial charge in [0.25, 0.3) is 0 Å². The lowest BCUT2D eigenvalue weighted by atomic mass is 9.98. The molecule has 1 amide bonds. The number of benzene rings is 3. The molecule has 0 spiro atoms. The molecular formula is C25H17I2NO6. The van der Waals surface area contributed by atoms with E-state index < -0.39 is 11.9 Å². The first-order valence-corrected chi connectivity index (χ1v) is 12.2. The second-order valence-electron chi connectivity index (χ2n) is 7.40. The summed E-state index contributed by atoms with van der Waals surface area (Å²) in [5, 5.41) is 10.6. The largest absolute Gasteiger partial charge is 0.506 e. The van der Waals surface area contributed by atoms with Gasteiger partial charge in [-0.25, -0.2) is 4.79 Å². The fraction of sp³-hybridized carbons (Fsp3) is 0.0800. The minimum Gasteiger partial charge on any atom is -0.506 e. The first kappa shape index (κ1) is 24.2. The predicted molar refractivity (Wildman–Crippen MR) is 142 cm³/mol. The molecule has 4 aromatic rings. The van der Waals surface area contributed by atoms with Gasteiger partial charge >= 0.3 is 5.97 Å². The summed E-state index contributed by atoms with van der Waals surface area (Å²) in [5.41, 5.74) is 6.72. The number of hydrogen-bond acceptors (Lipinski definition) is 6. The van der Waals surface area contributed by atoms with Gasteiger partial charge in [-0.3, -0.25) is 9.59 Å². The number of amides is 1. The van der Waals surface area contributed by atoms with E-state index in [1.807, 2.05) is 45.2 Å². The smallest absolute Gasteiger partial charge is 0.343 e. The lowest BCUT2D eigenvalue weighted by Crippen LogP contribution is -2.12. The minimum absolute atomic E-state index is 0.000594. The predicted octanol–water partition coefficient (Wildman–Crippen LogP) is 5.22. The molecule has 0 aliphatic rings. The number of esters is 1. The second-order valence-corrected chi connectivity index (χ2v) is 9.72. The van der Waals surface area contributed by atoms with E-state index in [2.05, 4.69) is 0 Å². The van der Waals surface area contributed by atoms with Crippen molar-refractivity contribution in [1.29, 1.82) is 0 Å². The molecule has 0 atom stereocenters. The zero-order valence-corrected chi connectivity index (χ0v) is 21.8. The van der Waals surface area contributed by atoms with E-state index >= 15 is 0 Å². The molecule has 0 aliphatic heterocycles. The Morgan fingerprint density at radius 1 is 0.941 bits per heavy atom. The van der Waals surface area contributed by atoms with Gasteiger partial charge in [-0.2, -0.15) is 0 Å². The van der Waals surface area contributed by atoms with E-state index in [0.717, 1.165) is 0 Å². The number of primary amides is 1. The van der Waals surface area contributed by atoms with Crippen molar-refractivity contribution in [3.8, 4) is 11.5 Å². The Labute approximate surface area is 221 Å². The quantitative estimate of drug-likeness (QED) is 0.120. The van der Waals surface area contributed by atoms with Crippen LogP contribution in [0.15, 0.2) is 65.1 Å². The molecule has 1 heterocycles. The van der Waals surface area contributed by atoms with Crippen LogP contribution in [0.4, 0.5) is 0 Å². The van der Waals surface area contributed by atoms with Crippen LogP contribution in [-0.4, -0.2) is 22.8 Å². The highest BCUT2D eigenvalue weighted by molar-refractivity contribution is 14.1. The van der Waals surface area contributed by atoms with E-state index in [1.165, 1.54) is 6.07 Å². The van der Waals surface area contributed by atoms with Crippen molar-refractivity contribution in [2.45, 2.75) is 12.8 Å². The van der Waals surface area contributed by atoms with Crippen molar-refractivity contribution in [2.24, 2.45) is 5.73 Å². The van der Waals surface area contributed by atoms with Crippen LogP contribution >= 0.6 is 45.2 Å². The molecule has 0 saturated carbocycles. The van der Waals surface area contributed by atoms with Crippen LogP contribution in [0, 0.1) is 7.14 Å². The van der Waals surface area contributed by atoms with Crippen LogP contribution in [-0.2, 0) is 11.2 Å². The number of furan rings is 1. The maximum absolute atomic E-state index is 13.5. The summed E-state index contributed by atoms with van der Waals surface area (Å²) in [4.78, 5) is 37.3. The van der Waals surface area contributed by atoms with Crippen LogP contribution in [0.3, 0.4) is 0 Å². The van der Waals surface area contributed by atoms with Gasteiger partial charge in [-0.05, 0) is 81.6 Å². The van der Waals surface area contributed by atoms with Gasteiger partial charge < -0.3 is 20.0 Å². The van der Waals surface area contributed by atoms with E-state index in [9.17, 15) is 19.5 Å². The van der Waals surface area contributed by atoms with Crippen LogP contribution in [0.25, 0.3) is 11.0 Å². The summed E-state index contributed by atoms with van der Waals surface area (Å²) in [7, 11) is 0. The Morgan fingerprint density at radius 3 is 2.26 bits per heavy atom. The highest BCUT2D eigenvalue weighted by Crippen LogP contribution is 2.34. The third kappa shape index (κ3) is 5.09. The number of rotatable bonds is 7. The Balaban J connectivity index is 1.75. The molecule has 7 nitrogen and oxygen atoms in total. The number of ketones is 1. The Kier molecular flexibility index (Phi) is 7.22. The van der Waals surface area contributed by atoms with Crippen LogP contribution < -0.4 is 10.5 Å². The number of fused-ring (bicyclic) bond motifs is 1. The molecule has 34 heavy (non-hydrogen) atoms. The summed E-state index contributed by atoms with van der Waals surface area (Å²) in [6.45, 7) is 0. The highest BCUT2D eigenvalue weighted by Gasteiger charge is 2.24. The Hall–Kier alpha value is -2.93. The standard InChI is InChI=1S/C25H17I2NO6/c26-17-10-14(11-18(27)24(17)31)23(30)22-16-7-6-15(33-25(32)13-4-2-1-3-5-13)12-20(16)34-19(22)8-9-21(28)29/h1-7,10-12,31H,8-9H2,(H2,28,29). The monoisotopic (exact) mass is 681 g/mol. The maximum atomic E-state index is 13.5. The van der Waals surface area contributed by atoms with Crippen LogP contribution in [0.5, 0.6) is 11.5 Å². The molecule has 3 aromatic carbocycles. The molecule has 0 aliphatic carbocycles. The molecule has 0 bridgehead atoms. The molecule has 0 radical (unpaired) electrons. The topological polar surface area (TPSA) is 120 Å². The summed E-state index contributed by atoms with van der Waals surface area (Å²) >= 11 is 3.92. The fourth-order valence-electron chi connectivity index (χ4n) is 3.43. The normalized spacial score (nSPS) is 10.9. The number of aromatic hydroxyl groups is 1. The number of ether oxygens (including phenoxy) is 1. The summed E-state index contributed by atoms with van der Waals surface area (Å²) in [5.74, 6) is -0.695. The van der Waals surface area contributed by atoms with Crippen LogP contribution in [0.2, 0.25) is 0 Å². The molecule has 9 heteroatoms. The highest BCUT2D eigenvalue weighted by atomic mass is 127. The number of hydrogen-bond donors (Lipinski definition) is 2. The van der Waals surface area contributed by atoms with Crippen LogP contribution in [0.1, 0.15) is 38.5 Å². The first-order valence-electron chi connectivity index (χ1n) is 10.1. The number of carbonyl (C=O) groups excluding carboxylic acids is 3. The molecule has 4 rings (SSSR count). The van der Waals surface area contributed by atoms with Crippen molar-refractivity contribution in [2.75, 3.05) is 0 Å². The third-order valence-corrected chi connectivity index (χ3v) is 6.70. The van der Waals surface area contributed by atoms with Gasteiger partial charge in [-0.15, -0.1) is 0 Å².